The average Bonchev–Trinajstić information content (AvgIpc) is 2.43. The summed E-state index contributed by atoms with van der Waals surface area (Å²) in [6, 6.07) is 0. The van der Waals surface area contributed by atoms with Crippen LogP contribution >= 0.6 is 0 Å². The maximum atomic E-state index is 5.36. The molecule has 0 aliphatic heterocycles. The fourth-order valence-electron chi connectivity index (χ4n) is 0.758. The summed E-state index contributed by atoms with van der Waals surface area (Å²) in [7, 11) is -5.23. The van der Waals surface area contributed by atoms with Gasteiger partial charge >= 0.3 is 0 Å². The zero-order chi connectivity index (χ0) is 14.0. The van der Waals surface area contributed by atoms with E-state index in [9.17, 15) is 0 Å². The van der Waals surface area contributed by atoms with E-state index in [0.717, 1.165) is 21.0 Å². The van der Waals surface area contributed by atoms with E-state index in [4.69, 9.17) is 37.0 Å². The topological polar surface area (TPSA) is 83.1 Å². The predicted octanol–water partition coefficient (Wildman–Crippen LogP) is -10.3. The minimum atomic E-state index is -0.910. The van der Waals surface area contributed by atoms with Gasteiger partial charge in [-0.3, -0.25) is 0 Å². The molecule has 116 valence electrons. The Morgan fingerprint density at radius 2 is 0.579 bits per heavy atom. The number of hydrogen-bond donors (Lipinski definition) is 0. The average molecular weight is 447 g/mol. The van der Waals surface area contributed by atoms with Crippen LogP contribution in [0.5, 0.6) is 0 Å². The van der Waals surface area contributed by atoms with Gasteiger partial charge in [0.25, 0.3) is 80.1 Å². The van der Waals surface area contributed by atoms with Gasteiger partial charge in [-0.05, 0) is 0 Å². The normalized spacial score (nSPS) is 16.4. The Hall–Kier alpha value is 1.81. The third-order valence-corrected chi connectivity index (χ3v) is 12.6. The molecule has 0 saturated carbocycles. The van der Waals surface area contributed by atoms with E-state index in [2.05, 4.69) is 0 Å². The zero-order valence-corrected chi connectivity index (χ0v) is 26.6. The van der Waals surface area contributed by atoms with Crippen LogP contribution in [0, 0.1) is 0 Å². The van der Waals surface area contributed by atoms with Gasteiger partial charge in [-0.15, -0.1) is 0 Å². The standard InChI is InChI=1S/H22O9Si10/c10-1-12-3-14-5-16-7-18-9-19-8-17-6-15-4-13-2-11/h12-19H2,10-11H3. The molecule has 0 rings (SSSR count). The molecule has 0 spiro atoms. The molecule has 19 heteroatoms. The fraction of sp³-hybridized carbons (Fsp3) is 0. The monoisotopic (exact) mass is 446 g/mol. The Labute approximate surface area is 138 Å². The first kappa shape index (κ1) is 20.8. The Morgan fingerprint density at radius 1 is 0.368 bits per heavy atom. The molecule has 0 aromatic rings. The Balaban J connectivity index is 2.88. The van der Waals surface area contributed by atoms with Crippen molar-refractivity contribution in [2.24, 2.45) is 0 Å². The Morgan fingerprint density at radius 3 is 0.789 bits per heavy atom. The maximum Gasteiger partial charge on any atom is 0.286 e. The van der Waals surface area contributed by atoms with Crippen molar-refractivity contribution in [2.75, 3.05) is 0 Å². The number of rotatable bonds is 16. The molecule has 0 atom stereocenters. The fourth-order valence-corrected chi connectivity index (χ4v) is 16.2. The minimum Gasteiger partial charge on any atom is -0.449 e. The highest BCUT2D eigenvalue weighted by molar-refractivity contribution is 6.49. The lowest BCUT2D eigenvalue weighted by Gasteiger charge is -2.08. The zero-order valence-electron chi connectivity index (χ0n) is 11.3. The Kier molecular flexibility index (Phi) is 21.7. The molecule has 0 aliphatic carbocycles. The van der Waals surface area contributed by atoms with Crippen molar-refractivity contribution in [1.82, 2.24) is 0 Å². The van der Waals surface area contributed by atoms with Crippen molar-refractivity contribution < 1.29 is 37.0 Å². The van der Waals surface area contributed by atoms with Gasteiger partial charge in [-0.2, -0.15) is 0 Å². The molecule has 0 unspecified atom stereocenters. The van der Waals surface area contributed by atoms with Crippen molar-refractivity contribution in [3.63, 3.8) is 0 Å². The SMILES string of the molecule is [SiH3]O[SiH2]O[SiH2]O[SiH2]O[SiH2]O[SiH2]O[SiH2]O[SiH2]O[SiH2]O[SiH3]. The van der Waals surface area contributed by atoms with E-state index in [0.29, 0.717) is 0 Å². The molecule has 0 N–H and O–H groups in total. The highest BCUT2D eigenvalue weighted by atomic mass is 28.4. The van der Waals surface area contributed by atoms with Crippen LogP contribution in [0.4, 0.5) is 0 Å². The molecule has 0 bridgehead atoms. The summed E-state index contributed by atoms with van der Waals surface area (Å²) < 4.78 is 47.2. The summed E-state index contributed by atoms with van der Waals surface area (Å²) >= 11 is 0. The van der Waals surface area contributed by atoms with Gasteiger partial charge in [0, 0.05) is 0 Å². The van der Waals surface area contributed by atoms with Gasteiger partial charge in [0.2, 0.25) is 0 Å². The van der Waals surface area contributed by atoms with Gasteiger partial charge < -0.3 is 37.0 Å². The van der Waals surface area contributed by atoms with E-state index in [1.165, 1.54) is 0 Å². The van der Waals surface area contributed by atoms with Crippen LogP contribution in [0.3, 0.4) is 0 Å². The van der Waals surface area contributed by atoms with E-state index >= 15 is 0 Å². The van der Waals surface area contributed by atoms with Crippen LogP contribution in [-0.4, -0.2) is 101 Å². The molecule has 0 amide bonds. The van der Waals surface area contributed by atoms with Crippen LogP contribution in [0.1, 0.15) is 0 Å². The molecule has 0 aromatic heterocycles. The third-order valence-electron chi connectivity index (χ3n) is 1.40. The predicted molar refractivity (Wildman–Crippen MR) is 98.0 cm³/mol. The Bertz CT molecular complexity index is 142. The first-order valence-corrected chi connectivity index (χ1v) is 16.3. The lowest BCUT2D eigenvalue weighted by Crippen LogP contribution is -2.21. The second kappa shape index (κ2) is 19.8. The largest absolute Gasteiger partial charge is 0.449 e. The second-order valence-corrected chi connectivity index (χ2v) is 20.9. The van der Waals surface area contributed by atoms with Crippen LogP contribution in [0.2, 0.25) is 0 Å². The molecule has 0 heterocycles. The first-order chi connectivity index (χ1) is 9.41. The van der Waals surface area contributed by atoms with Crippen LogP contribution in [0.25, 0.3) is 0 Å². The molecule has 0 aliphatic rings. The minimum absolute atomic E-state index is 0.728. The van der Waals surface area contributed by atoms with Gasteiger partial charge in [0.05, 0.1) is 0 Å². The van der Waals surface area contributed by atoms with Gasteiger partial charge in [0.15, 0.2) is 0 Å². The van der Waals surface area contributed by atoms with E-state index in [-0.39, 0.29) is 0 Å². The molecule has 0 aromatic carbocycles. The lowest BCUT2D eigenvalue weighted by atomic mass is 15.7. The van der Waals surface area contributed by atoms with Crippen molar-refractivity contribution in [2.45, 2.75) is 0 Å². The second-order valence-electron chi connectivity index (χ2n) is 2.95. The lowest BCUT2D eigenvalue weighted by molar-refractivity contribution is 0.364. The highest BCUT2D eigenvalue weighted by Crippen LogP contribution is 1.77. The van der Waals surface area contributed by atoms with Crippen LogP contribution in [0.15, 0.2) is 0 Å². The molecule has 0 saturated heterocycles. The number of hydrogen-bond acceptors (Lipinski definition) is 9. The first-order valence-electron chi connectivity index (χ1n) is 5.44. The summed E-state index contributed by atoms with van der Waals surface area (Å²) in [5.41, 5.74) is 0. The van der Waals surface area contributed by atoms with Crippen molar-refractivity contribution in [3.05, 3.63) is 0 Å². The summed E-state index contributed by atoms with van der Waals surface area (Å²) in [6.07, 6.45) is 0. The molecule has 9 nitrogen and oxygen atoms in total. The smallest absolute Gasteiger partial charge is 0.286 e. The molecule has 19 heavy (non-hydrogen) atoms. The van der Waals surface area contributed by atoms with Crippen molar-refractivity contribution in [3.8, 4) is 0 Å². The highest BCUT2D eigenvalue weighted by Gasteiger charge is 1.95. The molecular weight excluding hydrogens is 425 g/mol. The van der Waals surface area contributed by atoms with Crippen molar-refractivity contribution in [1.29, 1.82) is 0 Å². The van der Waals surface area contributed by atoms with Crippen molar-refractivity contribution >= 4 is 101 Å². The van der Waals surface area contributed by atoms with Crippen LogP contribution in [-0.2, 0) is 37.0 Å². The van der Waals surface area contributed by atoms with Crippen LogP contribution < -0.4 is 0 Å². The van der Waals surface area contributed by atoms with E-state index < -0.39 is 80.1 Å². The summed E-state index contributed by atoms with van der Waals surface area (Å²) in [5, 5.41) is 0. The van der Waals surface area contributed by atoms with Gasteiger partial charge in [0.1, 0.15) is 21.0 Å². The van der Waals surface area contributed by atoms with Gasteiger partial charge in [-0.25, -0.2) is 0 Å². The molecular formula is H22O9Si10. The van der Waals surface area contributed by atoms with E-state index in [1.54, 1.807) is 0 Å². The van der Waals surface area contributed by atoms with E-state index in [1.807, 2.05) is 0 Å². The molecule has 0 fully saturated rings. The third kappa shape index (κ3) is 19.8. The van der Waals surface area contributed by atoms with Gasteiger partial charge in [-0.1, -0.05) is 0 Å². The maximum absolute atomic E-state index is 5.36. The summed E-state index contributed by atoms with van der Waals surface area (Å²) in [4.78, 5) is 0. The summed E-state index contributed by atoms with van der Waals surface area (Å²) in [5.74, 6) is 0. The quantitative estimate of drug-likeness (QED) is 0.169. The summed E-state index contributed by atoms with van der Waals surface area (Å²) in [6.45, 7) is 0. The molecule has 0 radical (unpaired) electrons.